The minimum atomic E-state index is 1.03. The highest BCUT2D eigenvalue weighted by molar-refractivity contribution is 7.99. The molecule has 43 valence electrons. The van der Waals surface area contributed by atoms with Crippen molar-refractivity contribution in [2.45, 2.75) is 19.8 Å². The molecule has 0 bridgehead atoms. The molecule has 0 heterocycles. The van der Waals surface area contributed by atoms with Crippen molar-refractivity contribution >= 4 is 11.8 Å². The molecule has 1 heteroatoms. The second-order valence-corrected chi connectivity index (χ2v) is 2.69. The van der Waals surface area contributed by atoms with Crippen molar-refractivity contribution in [1.82, 2.24) is 0 Å². The summed E-state index contributed by atoms with van der Waals surface area (Å²) in [5.74, 6) is 2.32. The first-order chi connectivity index (χ1) is 3.41. The normalized spacial score (nSPS) is 9.43. The third-order valence-electron chi connectivity index (χ3n) is 0.787. The van der Waals surface area contributed by atoms with Crippen LogP contribution in [-0.4, -0.2) is 11.5 Å². The summed E-state index contributed by atoms with van der Waals surface area (Å²) in [6.45, 7) is 5.93. The van der Waals surface area contributed by atoms with Gasteiger partial charge in [0, 0.05) is 0 Å². The molecule has 0 amide bonds. The van der Waals surface area contributed by atoms with Crippen LogP contribution in [0.5, 0.6) is 0 Å². The molecule has 0 N–H and O–H groups in total. The van der Waals surface area contributed by atoms with Gasteiger partial charge in [0.25, 0.3) is 0 Å². The Morgan fingerprint density at radius 3 is 2.71 bits per heavy atom. The van der Waals surface area contributed by atoms with Crippen LogP contribution in [0.2, 0.25) is 0 Å². The molecule has 0 fully saturated rings. The highest BCUT2D eigenvalue weighted by Gasteiger charge is 1.80. The highest BCUT2D eigenvalue weighted by atomic mass is 32.2. The minimum Gasteiger partial charge on any atom is -0.162 e. The maximum atomic E-state index is 3.72. The number of unbranched alkanes of at least 4 members (excludes halogenated alkanes) is 1. The predicted octanol–water partition coefficient (Wildman–Crippen LogP) is 2.35. The van der Waals surface area contributed by atoms with Crippen molar-refractivity contribution < 1.29 is 0 Å². The van der Waals surface area contributed by atoms with Gasteiger partial charge in [-0.15, -0.1) is 0 Å². The molecule has 0 nitrogen and oxygen atoms in total. The van der Waals surface area contributed by atoms with Crippen molar-refractivity contribution in [2.75, 3.05) is 11.5 Å². The molecule has 0 aliphatic rings. The highest BCUT2D eigenvalue weighted by Crippen LogP contribution is 2.01. The van der Waals surface area contributed by atoms with Gasteiger partial charge in [0.05, 0.1) is 0 Å². The van der Waals surface area contributed by atoms with E-state index in [1.54, 1.807) is 0 Å². The minimum absolute atomic E-state index is 1.03. The summed E-state index contributed by atoms with van der Waals surface area (Å²) < 4.78 is 0. The van der Waals surface area contributed by atoms with E-state index < -0.39 is 0 Å². The fraction of sp³-hybridized carbons (Fsp3) is 0.833. The standard InChI is InChI=1S/C6H13S/c1-3-5-6-7-4-2/h2-6H2,1H3. The summed E-state index contributed by atoms with van der Waals surface area (Å²) in [4.78, 5) is 0. The van der Waals surface area contributed by atoms with Crippen LogP contribution in [0.3, 0.4) is 0 Å². The molecule has 1 radical (unpaired) electrons. The molecule has 0 rings (SSSR count). The Balaban J connectivity index is 2.45. The van der Waals surface area contributed by atoms with E-state index in [4.69, 9.17) is 0 Å². The molecule has 0 spiro atoms. The summed E-state index contributed by atoms with van der Waals surface area (Å²) in [6.07, 6.45) is 2.66. The Hall–Kier alpha value is 0.350. The summed E-state index contributed by atoms with van der Waals surface area (Å²) in [5.41, 5.74) is 0. The Bertz CT molecular complexity index is 23.4. The molecule has 0 atom stereocenters. The lowest BCUT2D eigenvalue weighted by atomic mass is 10.4. The van der Waals surface area contributed by atoms with Crippen LogP contribution in [0.25, 0.3) is 0 Å². The van der Waals surface area contributed by atoms with E-state index in [-0.39, 0.29) is 0 Å². The molecule has 0 saturated heterocycles. The SMILES string of the molecule is [CH2]CSCCCC. The van der Waals surface area contributed by atoms with Gasteiger partial charge in [-0.05, 0) is 24.9 Å². The smallest absolute Gasteiger partial charge is 0.00672 e. The zero-order valence-corrected chi connectivity index (χ0v) is 5.76. The Morgan fingerprint density at radius 2 is 2.29 bits per heavy atom. The summed E-state index contributed by atoms with van der Waals surface area (Å²) in [7, 11) is 0. The van der Waals surface area contributed by atoms with Crippen LogP contribution in [0.15, 0.2) is 0 Å². The Kier molecular flexibility index (Phi) is 6.67. The fourth-order valence-electron chi connectivity index (χ4n) is 0.348. The molecule has 0 aromatic carbocycles. The van der Waals surface area contributed by atoms with Gasteiger partial charge in [-0.25, -0.2) is 0 Å². The third kappa shape index (κ3) is 6.35. The van der Waals surface area contributed by atoms with Crippen molar-refractivity contribution in [3.63, 3.8) is 0 Å². The van der Waals surface area contributed by atoms with Crippen molar-refractivity contribution in [2.24, 2.45) is 0 Å². The zero-order chi connectivity index (χ0) is 5.54. The summed E-state index contributed by atoms with van der Waals surface area (Å²) in [6, 6.07) is 0. The molecule has 0 saturated carbocycles. The lowest BCUT2D eigenvalue weighted by Gasteiger charge is -1.91. The number of hydrogen-bond donors (Lipinski definition) is 0. The predicted molar refractivity (Wildman–Crippen MR) is 37.6 cm³/mol. The Morgan fingerprint density at radius 1 is 1.57 bits per heavy atom. The molecule has 0 aromatic rings. The van der Waals surface area contributed by atoms with Crippen molar-refractivity contribution in [3.8, 4) is 0 Å². The Labute approximate surface area is 50.7 Å². The first kappa shape index (κ1) is 7.35. The van der Waals surface area contributed by atoms with Gasteiger partial charge in [0.1, 0.15) is 0 Å². The number of hydrogen-bond acceptors (Lipinski definition) is 1. The maximum absolute atomic E-state index is 3.72. The molecule has 0 aliphatic heterocycles. The van der Waals surface area contributed by atoms with E-state index in [1.165, 1.54) is 18.6 Å². The van der Waals surface area contributed by atoms with Crippen LogP contribution >= 0.6 is 11.8 Å². The molecule has 0 aliphatic carbocycles. The second kappa shape index (κ2) is 6.35. The average molecular weight is 117 g/mol. The van der Waals surface area contributed by atoms with Gasteiger partial charge in [-0.2, -0.15) is 11.8 Å². The summed E-state index contributed by atoms with van der Waals surface area (Å²) in [5, 5.41) is 0. The first-order valence-electron chi connectivity index (χ1n) is 2.78. The number of thioether (sulfide) groups is 1. The van der Waals surface area contributed by atoms with Crippen LogP contribution < -0.4 is 0 Å². The quantitative estimate of drug-likeness (QED) is 0.509. The van der Waals surface area contributed by atoms with Gasteiger partial charge in [0.2, 0.25) is 0 Å². The maximum Gasteiger partial charge on any atom is -0.00672 e. The summed E-state index contributed by atoms with van der Waals surface area (Å²) >= 11 is 1.92. The fourth-order valence-corrected chi connectivity index (χ4v) is 1.05. The van der Waals surface area contributed by atoms with Gasteiger partial charge in [-0.3, -0.25) is 0 Å². The van der Waals surface area contributed by atoms with E-state index in [0.717, 1.165) is 5.75 Å². The van der Waals surface area contributed by atoms with E-state index in [1.807, 2.05) is 11.8 Å². The van der Waals surface area contributed by atoms with E-state index in [2.05, 4.69) is 13.8 Å². The second-order valence-electron chi connectivity index (χ2n) is 1.47. The van der Waals surface area contributed by atoms with Crippen LogP contribution in [0.1, 0.15) is 19.8 Å². The third-order valence-corrected chi connectivity index (χ3v) is 1.65. The molecular weight excluding hydrogens is 104 g/mol. The van der Waals surface area contributed by atoms with E-state index in [0.29, 0.717) is 0 Å². The van der Waals surface area contributed by atoms with E-state index >= 15 is 0 Å². The monoisotopic (exact) mass is 117 g/mol. The van der Waals surface area contributed by atoms with Gasteiger partial charge in [-0.1, -0.05) is 13.3 Å². The largest absolute Gasteiger partial charge is 0.162 e. The van der Waals surface area contributed by atoms with Gasteiger partial charge < -0.3 is 0 Å². The molecule has 0 unspecified atom stereocenters. The topological polar surface area (TPSA) is 0 Å². The average Bonchev–Trinajstić information content (AvgIpc) is 1.69. The number of rotatable bonds is 4. The lowest BCUT2D eigenvalue weighted by Crippen LogP contribution is -1.76. The van der Waals surface area contributed by atoms with E-state index in [9.17, 15) is 0 Å². The zero-order valence-electron chi connectivity index (χ0n) is 4.94. The van der Waals surface area contributed by atoms with Gasteiger partial charge in [0.15, 0.2) is 0 Å². The van der Waals surface area contributed by atoms with Crippen LogP contribution in [-0.2, 0) is 0 Å². The van der Waals surface area contributed by atoms with Crippen LogP contribution in [0, 0.1) is 6.92 Å². The first-order valence-corrected chi connectivity index (χ1v) is 3.94. The molecule has 0 aromatic heterocycles. The van der Waals surface area contributed by atoms with Gasteiger partial charge >= 0.3 is 0 Å². The van der Waals surface area contributed by atoms with Crippen molar-refractivity contribution in [3.05, 3.63) is 6.92 Å². The lowest BCUT2D eigenvalue weighted by molar-refractivity contribution is 0.897. The van der Waals surface area contributed by atoms with Crippen LogP contribution in [0.4, 0.5) is 0 Å². The molecular formula is C6H13S. The molecule has 7 heavy (non-hydrogen) atoms. The van der Waals surface area contributed by atoms with Crippen molar-refractivity contribution in [1.29, 1.82) is 0 Å².